The van der Waals surface area contributed by atoms with Crippen LogP contribution in [0.3, 0.4) is 0 Å². The van der Waals surface area contributed by atoms with Crippen molar-refractivity contribution in [1.29, 1.82) is 0 Å². The van der Waals surface area contributed by atoms with E-state index >= 15 is 0 Å². The summed E-state index contributed by atoms with van der Waals surface area (Å²) >= 11 is 0. The first-order chi connectivity index (χ1) is 9.36. The third-order valence-corrected chi connectivity index (χ3v) is 4.02. The monoisotopic (exact) mass is 278 g/mol. The summed E-state index contributed by atoms with van der Waals surface area (Å²) in [5.41, 5.74) is 7.08. The molecule has 0 fully saturated rings. The van der Waals surface area contributed by atoms with Crippen molar-refractivity contribution in [3.05, 3.63) is 29.8 Å². The summed E-state index contributed by atoms with van der Waals surface area (Å²) in [6, 6.07) is 8.54. The van der Waals surface area contributed by atoms with Crippen LogP contribution in [0, 0.1) is 5.41 Å². The molecule has 1 aromatic carbocycles. The maximum atomic E-state index is 5.84. The van der Waals surface area contributed by atoms with Crippen LogP contribution in [-0.4, -0.2) is 31.1 Å². The number of hydrogen-bond acceptors (Lipinski definition) is 3. The van der Waals surface area contributed by atoms with Crippen molar-refractivity contribution in [3.8, 4) is 5.75 Å². The van der Waals surface area contributed by atoms with Gasteiger partial charge in [-0.15, -0.1) is 0 Å². The van der Waals surface area contributed by atoms with E-state index < -0.39 is 0 Å². The molecular formula is C17H30N2O. The molecule has 1 rings (SSSR count). The number of rotatable bonds is 7. The zero-order valence-electron chi connectivity index (χ0n) is 13.6. The van der Waals surface area contributed by atoms with Gasteiger partial charge in [0.15, 0.2) is 0 Å². The maximum Gasteiger partial charge on any atom is 0.123 e. The highest BCUT2D eigenvalue weighted by atomic mass is 16.5. The highest BCUT2D eigenvalue weighted by Crippen LogP contribution is 2.23. The van der Waals surface area contributed by atoms with Crippen LogP contribution in [-0.2, 0) is 6.54 Å². The third kappa shape index (κ3) is 5.14. The van der Waals surface area contributed by atoms with E-state index in [1.807, 2.05) is 24.3 Å². The standard InChI is InChI=1S/C17H30N2O/c1-14(17(2,3)4)19(5)11-8-12-20-16-10-7-6-9-15(16)13-18/h6-7,9-10,14H,8,11-13,18H2,1-5H3. The van der Waals surface area contributed by atoms with Crippen LogP contribution in [0.2, 0.25) is 0 Å². The van der Waals surface area contributed by atoms with Crippen LogP contribution >= 0.6 is 0 Å². The minimum Gasteiger partial charge on any atom is -0.493 e. The summed E-state index contributed by atoms with van der Waals surface area (Å²) in [7, 11) is 2.18. The molecule has 0 aliphatic rings. The Hall–Kier alpha value is -1.06. The van der Waals surface area contributed by atoms with Gasteiger partial charge < -0.3 is 15.4 Å². The van der Waals surface area contributed by atoms with E-state index in [1.165, 1.54) is 0 Å². The molecule has 0 aliphatic heterocycles. The lowest BCUT2D eigenvalue weighted by Crippen LogP contribution is -2.40. The zero-order chi connectivity index (χ0) is 15.2. The van der Waals surface area contributed by atoms with Gasteiger partial charge >= 0.3 is 0 Å². The summed E-state index contributed by atoms with van der Waals surface area (Å²) in [5, 5.41) is 0. The molecule has 1 atom stereocenters. The van der Waals surface area contributed by atoms with E-state index in [9.17, 15) is 0 Å². The van der Waals surface area contributed by atoms with Crippen molar-refractivity contribution in [2.45, 2.75) is 46.7 Å². The van der Waals surface area contributed by atoms with Gasteiger partial charge in [0.05, 0.1) is 6.61 Å². The number of hydrogen-bond donors (Lipinski definition) is 1. The first-order valence-corrected chi connectivity index (χ1v) is 7.47. The molecule has 114 valence electrons. The molecule has 0 saturated heterocycles. The van der Waals surface area contributed by atoms with Gasteiger partial charge in [0.1, 0.15) is 5.75 Å². The lowest BCUT2D eigenvalue weighted by atomic mass is 9.87. The van der Waals surface area contributed by atoms with Gasteiger partial charge in [0.2, 0.25) is 0 Å². The van der Waals surface area contributed by atoms with E-state index in [2.05, 4.69) is 39.6 Å². The quantitative estimate of drug-likeness (QED) is 0.778. The van der Waals surface area contributed by atoms with Gasteiger partial charge in [0.25, 0.3) is 0 Å². The molecule has 2 N–H and O–H groups in total. The van der Waals surface area contributed by atoms with Crippen LogP contribution < -0.4 is 10.5 Å². The molecule has 0 spiro atoms. The third-order valence-electron chi connectivity index (χ3n) is 4.02. The SMILES string of the molecule is CC(N(C)CCCOc1ccccc1CN)C(C)(C)C. The normalized spacial score (nSPS) is 13.6. The van der Waals surface area contributed by atoms with E-state index in [0.29, 0.717) is 18.0 Å². The predicted octanol–water partition coefficient (Wildman–Crippen LogP) is 3.28. The van der Waals surface area contributed by atoms with Gasteiger partial charge in [-0.1, -0.05) is 39.0 Å². The summed E-state index contributed by atoms with van der Waals surface area (Å²) < 4.78 is 5.84. The second-order valence-electron chi connectivity index (χ2n) is 6.54. The molecular weight excluding hydrogens is 248 g/mol. The Balaban J connectivity index is 2.35. The molecule has 0 bridgehead atoms. The second-order valence-corrected chi connectivity index (χ2v) is 6.54. The predicted molar refractivity (Wildman–Crippen MR) is 86.0 cm³/mol. The van der Waals surface area contributed by atoms with E-state index in [4.69, 9.17) is 10.5 Å². The van der Waals surface area contributed by atoms with Crippen LogP contribution in [0.5, 0.6) is 5.75 Å². The minimum atomic E-state index is 0.307. The first kappa shape index (κ1) is 17.0. The Labute approximate surface area is 124 Å². The first-order valence-electron chi connectivity index (χ1n) is 7.47. The number of nitrogens with two attached hydrogens (primary N) is 1. The minimum absolute atomic E-state index is 0.307. The Bertz CT molecular complexity index is 398. The molecule has 0 heterocycles. The Morgan fingerprint density at radius 2 is 1.90 bits per heavy atom. The topological polar surface area (TPSA) is 38.5 Å². The highest BCUT2D eigenvalue weighted by Gasteiger charge is 2.23. The van der Waals surface area contributed by atoms with E-state index in [1.54, 1.807) is 0 Å². The molecule has 3 heteroatoms. The molecule has 0 aromatic heterocycles. The number of para-hydroxylation sites is 1. The van der Waals surface area contributed by atoms with Crippen molar-refractivity contribution in [3.63, 3.8) is 0 Å². The molecule has 3 nitrogen and oxygen atoms in total. The van der Waals surface area contributed by atoms with Crippen molar-refractivity contribution in [1.82, 2.24) is 4.90 Å². The number of nitrogens with zero attached hydrogens (tertiary/aromatic N) is 1. The summed E-state index contributed by atoms with van der Waals surface area (Å²) in [6.45, 7) is 11.4. The second kappa shape index (κ2) is 7.65. The summed E-state index contributed by atoms with van der Waals surface area (Å²) in [6.07, 6.45) is 1.02. The van der Waals surface area contributed by atoms with Crippen molar-refractivity contribution < 1.29 is 4.74 Å². The molecule has 0 aliphatic carbocycles. The fourth-order valence-electron chi connectivity index (χ4n) is 2.16. The van der Waals surface area contributed by atoms with Crippen molar-refractivity contribution in [2.75, 3.05) is 20.2 Å². The smallest absolute Gasteiger partial charge is 0.123 e. The fraction of sp³-hybridized carbons (Fsp3) is 0.647. The van der Waals surface area contributed by atoms with Crippen molar-refractivity contribution in [2.24, 2.45) is 11.1 Å². The van der Waals surface area contributed by atoms with Crippen LogP contribution in [0.1, 0.15) is 39.7 Å². The van der Waals surface area contributed by atoms with Crippen LogP contribution in [0.4, 0.5) is 0 Å². The number of benzene rings is 1. The fourth-order valence-corrected chi connectivity index (χ4v) is 2.16. The molecule has 1 unspecified atom stereocenters. The van der Waals surface area contributed by atoms with E-state index in [0.717, 1.165) is 30.9 Å². The van der Waals surface area contributed by atoms with Gasteiger partial charge in [-0.3, -0.25) is 0 Å². The Kier molecular flexibility index (Phi) is 6.50. The largest absolute Gasteiger partial charge is 0.493 e. The average Bonchev–Trinajstić information content (AvgIpc) is 2.41. The summed E-state index contributed by atoms with van der Waals surface area (Å²) in [5.74, 6) is 0.918. The van der Waals surface area contributed by atoms with Crippen LogP contribution in [0.15, 0.2) is 24.3 Å². The van der Waals surface area contributed by atoms with Gasteiger partial charge in [-0.25, -0.2) is 0 Å². The summed E-state index contributed by atoms with van der Waals surface area (Å²) in [4.78, 5) is 2.40. The maximum absolute atomic E-state index is 5.84. The molecule has 1 aromatic rings. The lowest BCUT2D eigenvalue weighted by Gasteiger charge is -2.35. The molecule has 20 heavy (non-hydrogen) atoms. The zero-order valence-corrected chi connectivity index (χ0v) is 13.6. The van der Waals surface area contributed by atoms with Crippen LogP contribution in [0.25, 0.3) is 0 Å². The highest BCUT2D eigenvalue weighted by molar-refractivity contribution is 5.32. The van der Waals surface area contributed by atoms with Gasteiger partial charge in [-0.2, -0.15) is 0 Å². The molecule has 0 radical (unpaired) electrons. The van der Waals surface area contributed by atoms with Gasteiger partial charge in [0, 0.05) is 24.7 Å². The Morgan fingerprint density at radius 3 is 2.50 bits per heavy atom. The van der Waals surface area contributed by atoms with Crippen molar-refractivity contribution >= 4 is 0 Å². The molecule has 0 saturated carbocycles. The lowest BCUT2D eigenvalue weighted by molar-refractivity contribution is 0.133. The van der Waals surface area contributed by atoms with Gasteiger partial charge in [-0.05, 0) is 31.9 Å². The molecule has 0 amide bonds. The Morgan fingerprint density at radius 1 is 1.25 bits per heavy atom. The number of ether oxygens (including phenoxy) is 1. The van der Waals surface area contributed by atoms with E-state index in [-0.39, 0.29) is 0 Å². The average molecular weight is 278 g/mol.